The maximum absolute atomic E-state index is 13.5. The lowest BCUT2D eigenvalue weighted by molar-refractivity contribution is -0.127. The summed E-state index contributed by atoms with van der Waals surface area (Å²) in [6.45, 7) is 5.13. The molecule has 2 saturated carbocycles. The molecule has 1 saturated heterocycles. The molecular weight excluding hydrogens is 693 g/mol. The zero-order valence-electron chi connectivity index (χ0n) is 31.6. The molecule has 4 heterocycles. The summed E-state index contributed by atoms with van der Waals surface area (Å²) < 4.78 is 4.80. The van der Waals surface area contributed by atoms with E-state index in [0.717, 1.165) is 83.0 Å². The summed E-state index contributed by atoms with van der Waals surface area (Å²) in [5, 5.41) is 17.3. The molecule has 12 heteroatoms. The van der Waals surface area contributed by atoms with Crippen LogP contribution in [-0.2, 0) is 16.1 Å². The Hall–Kier alpha value is -5.33. The Morgan fingerprint density at radius 2 is 1.51 bits per heavy atom. The number of aliphatic hydroxyl groups is 1. The van der Waals surface area contributed by atoms with E-state index in [9.17, 15) is 14.7 Å². The van der Waals surface area contributed by atoms with E-state index in [1.807, 2.05) is 43.3 Å². The van der Waals surface area contributed by atoms with Gasteiger partial charge in [0, 0.05) is 31.4 Å². The molecule has 2 aliphatic carbocycles. The number of rotatable bonds is 12. The van der Waals surface area contributed by atoms with Gasteiger partial charge in [-0.15, -0.1) is 0 Å². The highest BCUT2D eigenvalue weighted by Crippen LogP contribution is 2.56. The number of hydrogen-bond acceptors (Lipinski definition) is 8. The zero-order valence-corrected chi connectivity index (χ0v) is 31.6. The Balaban J connectivity index is 0.916. The average molecular weight is 743 g/mol. The highest BCUT2D eigenvalue weighted by Gasteiger charge is 2.52. The first-order valence-electron chi connectivity index (χ1n) is 19.5. The second kappa shape index (κ2) is 15.8. The van der Waals surface area contributed by atoms with Crippen LogP contribution < -0.4 is 10.6 Å². The number of aromatic nitrogens is 5. The van der Waals surface area contributed by atoms with E-state index in [0.29, 0.717) is 24.9 Å². The van der Waals surface area contributed by atoms with Gasteiger partial charge in [0.15, 0.2) is 0 Å². The van der Waals surface area contributed by atoms with Crippen molar-refractivity contribution in [2.45, 2.75) is 76.7 Å². The number of nitrogens with zero attached hydrogens (tertiary/aromatic N) is 4. The van der Waals surface area contributed by atoms with Crippen LogP contribution in [0.3, 0.4) is 0 Å². The molecule has 8 rings (SSSR count). The van der Waals surface area contributed by atoms with Gasteiger partial charge in [0.05, 0.1) is 48.9 Å². The number of fused-ring (bicyclic) bond motifs is 2. The topological polar surface area (TPSA) is 161 Å². The lowest BCUT2D eigenvalue weighted by atomic mass is 9.78. The van der Waals surface area contributed by atoms with Gasteiger partial charge in [-0.2, -0.15) is 0 Å². The number of carbonyl (C=O) groups excluding carboxylic acids is 2. The van der Waals surface area contributed by atoms with Crippen molar-refractivity contribution < 1.29 is 19.4 Å². The summed E-state index contributed by atoms with van der Waals surface area (Å²) in [4.78, 5) is 48.4. The monoisotopic (exact) mass is 742 g/mol. The summed E-state index contributed by atoms with van der Waals surface area (Å²) in [7, 11) is 1.33. The fourth-order valence-corrected chi connectivity index (χ4v) is 9.25. The van der Waals surface area contributed by atoms with Crippen molar-refractivity contribution in [1.29, 1.82) is 0 Å². The first-order valence-corrected chi connectivity index (χ1v) is 19.5. The van der Waals surface area contributed by atoms with Crippen molar-refractivity contribution in [2.24, 2.45) is 23.7 Å². The van der Waals surface area contributed by atoms with E-state index in [1.54, 1.807) is 12.4 Å². The number of carbonyl (C=O) groups is 2. The van der Waals surface area contributed by atoms with Crippen LogP contribution in [0.2, 0.25) is 0 Å². The number of aromatic amines is 2. The molecule has 286 valence electrons. The Labute approximate surface area is 321 Å². The van der Waals surface area contributed by atoms with E-state index in [4.69, 9.17) is 14.7 Å². The molecule has 1 aliphatic heterocycles. The van der Waals surface area contributed by atoms with Gasteiger partial charge in [-0.1, -0.05) is 68.4 Å². The van der Waals surface area contributed by atoms with Crippen molar-refractivity contribution in [2.75, 3.05) is 13.7 Å². The highest BCUT2D eigenvalue weighted by molar-refractivity contribution is 5.81. The minimum atomic E-state index is -0.877. The SMILES string of the molecule is COC(=O)N[C@@H](C(C)C)C(O)N1CCC[C@H]1c1ncc(-c2ccc(-c3ccc(-c4cnc([C@@H]5[C@H]6CC[C@H](C6)[C@H]5C(=O)NCc5cccnc5)[nH]4)cc3)cc2)[nH]1. The largest absolute Gasteiger partial charge is 0.453 e. The highest BCUT2D eigenvalue weighted by atomic mass is 16.5. The van der Waals surface area contributed by atoms with Gasteiger partial charge in [-0.05, 0) is 83.7 Å². The molecule has 3 fully saturated rings. The van der Waals surface area contributed by atoms with E-state index in [1.165, 1.54) is 7.11 Å². The first kappa shape index (κ1) is 36.6. The lowest BCUT2D eigenvalue weighted by Gasteiger charge is -2.35. The van der Waals surface area contributed by atoms with Crippen LogP contribution in [0.25, 0.3) is 33.6 Å². The molecule has 55 heavy (non-hydrogen) atoms. The number of aliphatic hydroxyl groups excluding tert-OH is 1. The molecular formula is C43H50N8O4. The number of pyridine rings is 1. The quantitative estimate of drug-likeness (QED) is 0.0932. The van der Waals surface area contributed by atoms with Crippen LogP contribution >= 0.6 is 0 Å². The number of nitrogens with one attached hydrogen (secondary N) is 4. The summed E-state index contributed by atoms with van der Waals surface area (Å²) in [6, 6.07) is 20.2. The van der Waals surface area contributed by atoms with E-state index >= 15 is 0 Å². The Bertz CT molecular complexity index is 2080. The number of likely N-dealkylation sites (tertiary alicyclic amines) is 1. The second-order valence-corrected chi connectivity index (χ2v) is 15.7. The molecule has 2 bridgehead atoms. The Morgan fingerprint density at radius 3 is 2.15 bits per heavy atom. The minimum absolute atomic E-state index is 0.00512. The van der Waals surface area contributed by atoms with Gasteiger partial charge in [-0.25, -0.2) is 14.8 Å². The molecule has 3 aromatic heterocycles. The van der Waals surface area contributed by atoms with Gasteiger partial charge < -0.3 is 30.4 Å². The third kappa shape index (κ3) is 7.53. The number of alkyl carbamates (subject to hydrolysis) is 1. The van der Waals surface area contributed by atoms with Crippen LogP contribution in [0.4, 0.5) is 4.79 Å². The van der Waals surface area contributed by atoms with E-state index in [-0.39, 0.29) is 29.7 Å². The number of ether oxygens (including phenoxy) is 1. The predicted molar refractivity (Wildman–Crippen MR) is 209 cm³/mol. The molecule has 0 spiro atoms. The van der Waals surface area contributed by atoms with Gasteiger partial charge >= 0.3 is 6.09 Å². The smallest absolute Gasteiger partial charge is 0.407 e. The third-order valence-electron chi connectivity index (χ3n) is 12.1. The van der Waals surface area contributed by atoms with Crippen LogP contribution in [0, 0.1) is 23.7 Å². The molecule has 1 unspecified atom stereocenters. The lowest BCUT2D eigenvalue weighted by Crippen LogP contribution is -2.54. The normalized spacial score (nSPS) is 23.2. The number of methoxy groups -OCH3 is 1. The summed E-state index contributed by atoms with van der Waals surface area (Å²) >= 11 is 0. The standard InChI is InChI=1S/C43H50N8O4/c1-25(2)38(50-43(54)55-3)42(53)51-19-5-7-35(51)39-45-23-33(48-39)29-12-8-27(9-13-29)28-10-14-30(15-11-28)34-24-46-40(49-34)36-31-16-17-32(20-31)37(36)41(52)47-22-26-6-4-18-44-21-26/h4,6,8-15,18,21,23-25,31-32,35-38,42,53H,5,7,16-17,19-20,22H2,1-3H3,(H,45,48)(H,46,49)(H,47,52)(H,50,54)/t31-,32+,35-,36+,37+,38-,42?/m0/s1. The van der Waals surface area contributed by atoms with E-state index in [2.05, 4.69) is 74.1 Å². The van der Waals surface area contributed by atoms with Crippen molar-refractivity contribution in [3.63, 3.8) is 0 Å². The molecule has 0 radical (unpaired) electrons. The van der Waals surface area contributed by atoms with Crippen LogP contribution in [0.1, 0.15) is 75.1 Å². The Morgan fingerprint density at radius 1 is 0.873 bits per heavy atom. The molecule has 2 aromatic carbocycles. The average Bonchev–Trinajstić information content (AvgIpc) is 4.07. The number of amides is 2. The van der Waals surface area contributed by atoms with E-state index < -0.39 is 18.4 Å². The Kier molecular flexibility index (Phi) is 10.5. The number of benzene rings is 2. The second-order valence-electron chi connectivity index (χ2n) is 15.7. The molecule has 2 amide bonds. The predicted octanol–water partition coefficient (Wildman–Crippen LogP) is 6.81. The summed E-state index contributed by atoms with van der Waals surface area (Å²) in [5.41, 5.74) is 7.14. The fourth-order valence-electron chi connectivity index (χ4n) is 9.25. The molecule has 12 nitrogen and oxygen atoms in total. The van der Waals surface area contributed by atoms with Gasteiger partial charge in [0.25, 0.3) is 0 Å². The van der Waals surface area contributed by atoms with Crippen molar-refractivity contribution in [1.82, 2.24) is 40.5 Å². The van der Waals surface area contributed by atoms with Crippen molar-refractivity contribution in [3.8, 4) is 33.6 Å². The maximum atomic E-state index is 13.5. The summed E-state index contributed by atoms with van der Waals surface area (Å²) in [6.07, 6.45) is 11.0. The molecule has 5 aromatic rings. The van der Waals surface area contributed by atoms with Gasteiger partial charge in [-0.3, -0.25) is 14.7 Å². The first-order chi connectivity index (χ1) is 26.8. The zero-order chi connectivity index (χ0) is 38.1. The summed E-state index contributed by atoms with van der Waals surface area (Å²) in [5.74, 6) is 2.73. The number of imidazole rings is 2. The van der Waals surface area contributed by atoms with Crippen molar-refractivity contribution >= 4 is 12.0 Å². The van der Waals surface area contributed by atoms with Gasteiger partial charge in [0.1, 0.15) is 17.9 Å². The number of hydrogen-bond donors (Lipinski definition) is 5. The maximum Gasteiger partial charge on any atom is 0.407 e. The number of H-pyrrole nitrogens is 2. The fraction of sp³-hybridized carbons (Fsp3) is 0.419. The van der Waals surface area contributed by atoms with Crippen LogP contribution in [0.15, 0.2) is 85.5 Å². The molecule has 7 atom stereocenters. The third-order valence-corrected chi connectivity index (χ3v) is 12.1. The molecule has 3 aliphatic rings. The van der Waals surface area contributed by atoms with Crippen LogP contribution in [0.5, 0.6) is 0 Å². The minimum Gasteiger partial charge on any atom is -0.453 e. The van der Waals surface area contributed by atoms with Crippen molar-refractivity contribution in [3.05, 3.63) is 103 Å². The van der Waals surface area contributed by atoms with Gasteiger partial charge in [0.2, 0.25) is 5.91 Å². The van der Waals surface area contributed by atoms with Crippen LogP contribution in [-0.4, -0.2) is 72.9 Å². The molecule has 5 N–H and O–H groups in total.